The Hall–Kier alpha value is -2.53. The highest BCUT2D eigenvalue weighted by Crippen LogP contribution is 2.32. The molecule has 0 saturated carbocycles. The molecule has 0 saturated heterocycles. The predicted molar refractivity (Wildman–Crippen MR) is 96.4 cm³/mol. The van der Waals surface area contributed by atoms with Gasteiger partial charge < -0.3 is 14.8 Å². The van der Waals surface area contributed by atoms with E-state index in [1.165, 1.54) is 5.56 Å². The molecule has 2 aromatic rings. The Morgan fingerprint density at radius 3 is 2.68 bits per heavy atom. The first-order chi connectivity index (χ1) is 12.2. The number of nitrogens with one attached hydrogen (secondary N) is 1. The molecule has 1 N–H and O–H groups in total. The summed E-state index contributed by atoms with van der Waals surface area (Å²) in [5, 5.41) is 2.99. The van der Waals surface area contributed by atoms with E-state index in [4.69, 9.17) is 9.47 Å². The number of amides is 1. The van der Waals surface area contributed by atoms with Gasteiger partial charge in [-0.2, -0.15) is 0 Å². The molecule has 0 aliphatic carbocycles. The van der Waals surface area contributed by atoms with Gasteiger partial charge in [0.05, 0.1) is 6.54 Å². The molecular formula is C20H24N2O3. The maximum Gasteiger partial charge on any atom is 0.234 e. The van der Waals surface area contributed by atoms with Crippen LogP contribution in [0.4, 0.5) is 0 Å². The first-order valence-electron chi connectivity index (χ1n) is 8.66. The molecule has 25 heavy (non-hydrogen) atoms. The lowest BCUT2D eigenvalue weighted by molar-refractivity contribution is -0.122. The van der Waals surface area contributed by atoms with Crippen LogP contribution in [-0.4, -0.2) is 30.7 Å². The summed E-state index contributed by atoms with van der Waals surface area (Å²) in [4.78, 5) is 14.5. The number of hydrogen-bond acceptors (Lipinski definition) is 4. The van der Waals surface area contributed by atoms with E-state index in [0.717, 1.165) is 36.6 Å². The van der Waals surface area contributed by atoms with Gasteiger partial charge >= 0.3 is 0 Å². The number of carbonyl (C=O) groups is 1. The van der Waals surface area contributed by atoms with Crippen LogP contribution in [0, 0.1) is 0 Å². The van der Waals surface area contributed by atoms with E-state index < -0.39 is 0 Å². The van der Waals surface area contributed by atoms with Crippen molar-refractivity contribution in [1.29, 1.82) is 0 Å². The number of rotatable bonds is 8. The van der Waals surface area contributed by atoms with Crippen molar-refractivity contribution < 1.29 is 14.3 Å². The molecule has 0 aromatic heterocycles. The molecule has 5 heteroatoms. The quantitative estimate of drug-likeness (QED) is 0.803. The Balaban J connectivity index is 1.51. The smallest absolute Gasteiger partial charge is 0.234 e. The Kier molecular flexibility index (Phi) is 5.90. The fourth-order valence-electron chi connectivity index (χ4n) is 2.88. The van der Waals surface area contributed by atoms with Gasteiger partial charge in [0.2, 0.25) is 12.7 Å². The van der Waals surface area contributed by atoms with Crippen molar-refractivity contribution in [2.45, 2.75) is 26.4 Å². The minimum Gasteiger partial charge on any atom is -0.454 e. The molecule has 2 aromatic carbocycles. The van der Waals surface area contributed by atoms with Crippen LogP contribution < -0.4 is 14.8 Å². The second-order valence-corrected chi connectivity index (χ2v) is 6.16. The van der Waals surface area contributed by atoms with Gasteiger partial charge in [0.15, 0.2) is 11.5 Å². The zero-order chi connectivity index (χ0) is 17.5. The SMILES string of the molecule is CCCN(CC(=O)NCc1ccc2c(c1)OCO2)Cc1ccccc1. The second-order valence-electron chi connectivity index (χ2n) is 6.16. The monoisotopic (exact) mass is 340 g/mol. The Labute approximate surface area is 148 Å². The van der Waals surface area contributed by atoms with Crippen LogP contribution in [0.2, 0.25) is 0 Å². The number of fused-ring (bicyclic) bond motifs is 1. The third-order valence-corrected chi connectivity index (χ3v) is 4.08. The van der Waals surface area contributed by atoms with Crippen LogP contribution >= 0.6 is 0 Å². The van der Waals surface area contributed by atoms with Crippen molar-refractivity contribution in [1.82, 2.24) is 10.2 Å². The minimum absolute atomic E-state index is 0.0297. The number of nitrogens with zero attached hydrogens (tertiary/aromatic N) is 1. The average Bonchev–Trinajstić information content (AvgIpc) is 3.09. The van der Waals surface area contributed by atoms with Crippen molar-refractivity contribution in [2.75, 3.05) is 19.9 Å². The average molecular weight is 340 g/mol. The third-order valence-electron chi connectivity index (χ3n) is 4.08. The number of benzene rings is 2. The van der Waals surface area contributed by atoms with Gasteiger partial charge in [-0.1, -0.05) is 43.3 Å². The summed E-state index contributed by atoms with van der Waals surface area (Å²) in [6.07, 6.45) is 1.02. The standard InChI is InChI=1S/C20H24N2O3/c1-2-10-22(13-16-6-4-3-5-7-16)14-20(23)21-12-17-8-9-18-19(11-17)25-15-24-18/h3-9,11H,2,10,12-15H2,1H3,(H,21,23). The van der Waals surface area contributed by atoms with Gasteiger partial charge in [-0.3, -0.25) is 9.69 Å². The van der Waals surface area contributed by atoms with E-state index in [-0.39, 0.29) is 12.7 Å². The summed E-state index contributed by atoms with van der Waals surface area (Å²) in [5.74, 6) is 1.53. The van der Waals surface area contributed by atoms with Crippen molar-refractivity contribution in [3.8, 4) is 11.5 Å². The van der Waals surface area contributed by atoms with Crippen molar-refractivity contribution >= 4 is 5.91 Å². The van der Waals surface area contributed by atoms with Gasteiger partial charge in [0.25, 0.3) is 0 Å². The second kappa shape index (κ2) is 8.53. The zero-order valence-electron chi connectivity index (χ0n) is 14.5. The predicted octanol–water partition coefficient (Wildman–Crippen LogP) is 2.94. The molecule has 5 nitrogen and oxygen atoms in total. The highest BCUT2D eigenvalue weighted by Gasteiger charge is 2.14. The van der Waals surface area contributed by atoms with E-state index >= 15 is 0 Å². The van der Waals surface area contributed by atoms with Crippen LogP contribution in [0.1, 0.15) is 24.5 Å². The maximum atomic E-state index is 12.3. The van der Waals surface area contributed by atoms with Gasteiger partial charge in [-0.05, 0) is 36.2 Å². The molecule has 1 heterocycles. The molecule has 0 radical (unpaired) electrons. The molecule has 0 spiro atoms. The lowest BCUT2D eigenvalue weighted by atomic mass is 10.2. The summed E-state index contributed by atoms with van der Waals surface area (Å²) in [5.41, 5.74) is 2.22. The summed E-state index contributed by atoms with van der Waals surface area (Å²) >= 11 is 0. The summed E-state index contributed by atoms with van der Waals surface area (Å²) in [6.45, 7) is 4.95. The molecule has 1 aliphatic heterocycles. The first kappa shape index (κ1) is 17.3. The van der Waals surface area contributed by atoms with Crippen LogP contribution in [0.3, 0.4) is 0 Å². The number of ether oxygens (including phenoxy) is 2. The van der Waals surface area contributed by atoms with E-state index in [0.29, 0.717) is 13.1 Å². The molecule has 1 aliphatic rings. The maximum absolute atomic E-state index is 12.3. The molecule has 0 atom stereocenters. The highest BCUT2D eigenvalue weighted by atomic mass is 16.7. The normalized spacial score (nSPS) is 12.4. The van der Waals surface area contributed by atoms with E-state index in [9.17, 15) is 4.79 Å². The first-order valence-corrected chi connectivity index (χ1v) is 8.66. The molecular weight excluding hydrogens is 316 g/mol. The van der Waals surface area contributed by atoms with Gasteiger partial charge in [0.1, 0.15) is 0 Å². The summed E-state index contributed by atoms with van der Waals surface area (Å²) in [6, 6.07) is 16.0. The molecule has 0 fully saturated rings. The van der Waals surface area contributed by atoms with E-state index in [2.05, 4.69) is 29.3 Å². The Morgan fingerprint density at radius 2 is 1.88 bits per heavy atom. The third kappa shape index (κ3) is 4.97. The van der Waals surface area contributed by atoms with E-state index in [1.54, 1.807) is 0 Å². The molecule has 0 bridgehead atoms. The van der Waals surface area contributed by atoms with Crippen LogP contribution in [0.15, 0.2) is 48.5 Å². The largest absolute Gasteiger partial charge is 0.454 e. The molecule has 0 unspecified atom stereocenters. The molecule has 1 amide bonds. The lowest BCUT2D eigenvalue weighted by Crippen LogP contribution is -2.37. The van der Waals surface area contributed by atoms with Gasteiger partial charge in [-0.15, -0.1) is 0 Å². The van der Waals surface area contributed by atoms with Crippen LogP contribution in [0.25, 0.3) is 0 Å². The topological polar surface area (TPSA) is 50.8 Å². The fraction of sp³-hybridized carbons (Fsp3) is 0.350. The summed E-state index contributed by atoms with van der Waals surface area (Å²) < 4.78 is 10.7. The molecule has 3 rings (SSSR count). The van der Waals surface area contributed by atoms with E-state index in [1.807, 2.05) is 36.4 Å². The van der Waals surface area contributed by atoms with Crippen molar-refractivity contribution in [2.24, 2.45) is 0 Å². The molecule has 132 valence electrons. The highest BCUT2D eigenvalue weighted by molar-refractivity contribution is 5.78. The fourth-order valence-corrected chi connectivity index (χ4v) is 2.88. The lowest BCUT2D eigenvalue weighted by Gasteiger charge is -2.21. The van der Waals surface area contributed by atoms with Gasteiger partial charge in [-0.25, -0.2) is 0 Å². The van der Waals surface area contributed by atoms with Crippen LogP contribution in [0.5, 0.6) is 11.5 Å². The van der Waals surface area contributed by atoms with Crippen molar-refractivity contribution in [3.63, 3.8) is 0 Å². The Morgan fingerprint density at radius 1 is 1.08 bits per heavy atom. The zero-order valence-corrected chi connectivity index (χ0v) is 14.5. The summed E-state index contributed by atoms with van der Waals surface area (Å²) in [7, 11) is 0. The number of hydrogen-bond donors (Lipinski definition) is 1. The number of carbonyl (C=O) groups excluding carboxylic acids is 1. The van der Waals surface area contributed by atoms with Crippen LogP contribution in [-0.2, 0) is 17.9 Å². The minimum atomic E-state index is 0.0297. The van der Waals surface area contributed by atoms with Gasteiger partial charge in [0, 0.05) is 13.1 Å². The van der Waals surface area contributed by atoms with Crippen molar-refractivity contribution in [3.05, 3.63) is 59.7 Å². The Bertz CT molecular complexity index is 703.